The van der Waals surface area contributed by atoms with E-state index in [9.17, 15) is 4.79 Å². The fraction of sp³-hybridized carbons (Fsp3) is 0.909. The second-order valence-electron chi connectivity index (χ2n) is 3.56. The van der Waals surface area contributed by atoms with Crippen molar-refractivity contribution in [3.05, 3.63) is 0 Å². The molecule has 0 unspecified atom stereocenters. The van der Waals surface area contributed by atoms with Gasteiger partial charge in [-0.2, -0.15) is 0 Å². The van der Waals surface area contributed by atoms with Crippen molar-refractivity contribution < 1.29 is 19.0 Å². The Bertz CT molecular complexity index is 173. The quantitative estimate of drug-likeness (QED) is 0.442. The monoisotopic (exact) mass is 233 g/mol. The summed E-state index contributed by atoms with van der Waals surface area (Å²) in [4.78, 5) is 11.0. The van der Waals surface area contributed by atoms with E-state index in [2.05, 4.69) is 5.32 Å². The van der Waals surface area contributed by atoms with Crippen LogP contribution in [0.3, 0.4) is 0 Å². The third-order valence-corrected chi connectivity index (χ3v) is 1.63. The second kappa shape index (κ2) is 10.9. The standard InChI is InChI=1S/C11H23NO4/c1-4-12-5-6-14-7-8-15-9-11(13)16-10(2)3/h10,12H,4-9H2,1-3H3. The summed E-state index contributed by atoms with van der Waals surface area (Å²) in [7, 11) is 0. The zero-order valence-electron chi connectivity index (χ0n) is 10.5. The van der Waals surface area contributed by atoms with Crippen molar-refractivity contribution in [1.29, 1.82) is 0 Å². The summed E-state index contributed by atoms with van der Waals surface area (Å²) in [5.41, 5.74) is 0. The summed E-state index contributed by atoms with van der Waals surface area (Å²) in [6.07, 6.45) is -0.0903. The van der Waals surface area contributed by atoms with Crippen LogP contribution in [0.2, 0.25) is 0 Å². The summed E-state index contributed by atoms with van der Waals surface area (Å²) < 4.78 is 15.2. The fourth-order valence-electron chi connectivity index (χ4n) is 0.993. The minimum Gasteiger partial charge on any atom is -0.461 e. The predicted octanol–water partition coefficient (Wildman–Crippen LogP) is 0.581. The molecule has 0 amide bonds. The molecule has 0 saturated heterocycles. The number of rotatable bonds is 10. The molecule has 0 rings (SSSR count). The van der Waals surface area contributed by atoms with Crippen LogP contribution in [0.25, 0.3) is 0 Å². The molecule has 0 atom stereocenters. The van der Waals surface area contributed by atoms with Gasteiger partial charge in [0.2, 0.25) is 0 Å². The normalized spacial score (nSPS) is 10.8. The average molecular weight is 233 g/mol. The van der Waals surface area contributed by atoms with Crippen LogP contribution < -0.4 is 5.32 Å². The number of hydrogen-bond donors (Lipinski definition) is 1. The smallest absolute Gasteiger partial charge is 0.332 e. The van der Waals surface area contributed by atoms with E-state index in [1.807, 2.05) is 20.8 Å². The highest BCUT2D eigenvalue weighted by molar-refractivity contribution is 5.70. The van der Waals surface area contributed by atoms with Crippen LogP contribution >= 0.6 is 0 Å². The first-order valence-corrected chi connectivity index (χ1v) is 5.72. The molecule has 5 nitrogen and oxygen atoms in total. The molecular formula is C11H23NO4. The second-order valence-corrected chi connectivity index (χ2v) is 3.56. The first kappa shape index (κ1) is 15.3. The van der Waals surface area contributed by atoms with Crippen LogP contribution in [0.5, 0.6) is 0 Å². The van der Waals surface area contributed by atoms with E-state index >= 15 is 0 Å². The topological polar surface area (TPSA) is 56.8 Å². The number of carbonyl (C=O) groups is 1. The van der Waals surface area contributed by atoms with Gasteiger partial charge >= 0.3 is 5.97 Å². The molecule has 0 aliphatic carbocycles. The maximum Gasteiger partial charge on any atom is 0.332 e. The van der Waals surface area contributed by atoms with Crippen LogP contribution in [0.1, 0.15) is 20.8 Å². The van der Waals surface area contributed by atoms with Crippen molar-refractivity contribution in [2.75, 3.05) is 39.5 Å². The van der Waals surface area contributed by atoms with Crippen molar-refractivity contribution in [2.24, 2.45) is 0 Å². The molecule has 0 aromatic rings. The zero-order valence-corrected chi connectivity index (χ0v) is 10.5. The Morgan fingerprint density at radius 3 is 2.50 bits per heavy atom. The maximum absolute atomic E-state index is 11.0. The number of likely N-dealkylation sites (N-methyl/N-ethyl adjacent to an activating group) is 1. The largest absolute Gasteiger partial charge is 0.461 e. The van der Waals surface area contributed by atoms with Crippen molar-refractivity contribution in [3.63, 3.8) is 0 Å². The Hall–Kier alpha value is -0.650. The average Bonchev–Trinajstić information content (AvgIpc) is 2.21. The number of ether oxygens (including phenoxy) is 3. The van der Waals surface area contributed by atoms with Crippen LogP contribution in [0, 0.1) is 0 Å². The summed E-state index contributed by atoms with van der Waals surface area (Å²) >= 11 is 0. The number of carbonyl (C=O) groups excluding carboxylic acids is 1. The van der Waals surface area contributed by atoms with Crippen molar-refractivity contribution in [2.45, 2.75) is 26.9 Å². The number of hydrogen-bond acceptors (Lipinski definition) is 5. The molecule has 0 aliphatic rings. The molecule has 0 spiro atoms. The first-order chi connectivity index (χ1) is 7.66. The summed E-state index contributed by atoms with van der Waals surface area (Å²) in [5, 5.41) is 3.14. The van der Waals surface area contributed by atoms with E-state index in [0.29, 0.717) is 19.8 Å². The van der Waals surface area contributed by atoms with Gasteiger partial charge in [0, 0.05) is 6.54 Å². The van der Waals surface area contributed by atoms with Gasteiger partial charge < -0.3 is 19.5 Å². The van der Waals surface area contributed by atoms with Crippen LogP contribution in [0.4, 0.5) is 0 Å². The van der Waals surface area contributed by atoms with E-state index in [4.69, 9.17) is 14.2 Å². The van der Waals surface area contributed by atoms with E-state index in [0.717, 1.165) is 13.1 Å². The van der Waals surface area contributed by atoms with Crippen molar-refractivity contribution >= 4 is 5.97 Å². The summed E-state index contributed by atoms with van der Waals surface area (Å²) in [5.74, 6) is -0.331. The van der Waals surface area contributed by atoms with Gasteiger partial charge in [-0.1, -0.05) is 6.92 Å². The van der Waals surface area contributed by atoms with Gasteiger partial charge in [-0.15, -0.1) is 0 Å². The first-order valence-electron chi connectivity index (χ1n) is 5.72. The van der Waals surface area contributed by atoms with Gasteiger partial charge in [0.25, 0.3) is 0 Å². The minimum atomic E-state index is -0.331. The van der Waals surface area contributed by atoms with E-state index < -0.39 is 0 Å². The predicted molar refractivity (Wildman–Crippen MR) is 61.4 cm³/mol. The molecule has 96 valence electrons. The van der Waals surface area contributed by atoms with Crippen LogP contribution in [0.15, 0.2) is 0 Å². The van der Waals surface area contributed by atoms with Gasteiger partial charge in [-0.25, -0.2) is 4.79 Å². The van der Waals surface area contributed by atoms with Crippen molar-refractivity contribution in [3.8, 4) is 0 Å². The number of nitrogens with one attached hydrogen (secondary N) is 1. The molecule has 0 aliphatic heterocycles. The van der Waals surface area contributed by atoms with Gasteiger partial charge in [0.05, 0.1) is 25.9 Å². The van der Waals surface area contributed by atoms with Gasteiger partial charge in [0.1, 0.15) is 6.61 Å². The van der Waals surface area contributed by atoms with E-state index in [1.54, 1.807) is 0 Å². The lowest BCUT2D eigenvalue weighted by molar-refractivity contribution is -0.153. The number of esters is 1. The summed E-state index contributed by atoms with van der Waals surface area (Å²) in [6, 6.07) is 0. The Morgan fingerprint density at radius 2 is 1.88 bits per heavy atom. The lowest BCUT2D eigenvalue weighted by Gasteiger charge is -2.08. The maximum atomic E-state index is 11.0. The third-order valence-electron chi connectivity index (χ3n) is 1.63. The Morgan fingerprint density at radius 1 is 1.19 bits per heavy atom. The van der Waals surface area contributed by atoms with Crippen molar-refractivity contribution in [1.82, 2.24) is 5.32 Å². The van der Waals surface area contributed by atoms with Gasteiger partial charge in [-0.05, 0) is 20.4 Å². The highest BCUT2D eigenvalue weighted by Crippen LogP contribution is 1.89. The Labute approximate surface area is 97.4 Å². The molecule has 5 heteroatoms. The fourth-order valence-corrected chi connectivity index (χ4v) is 0.993. The lowest BCUT2D eigenvalue weighted by atomic mass is 10.5. The summed E-state index contributed by atoms with van der Waals surface area (Å²) in [6.45, 7) is 9.02. The minimum absolute atomic E-state index is 0.00521. The molecule has 16 heavy (non-hydrogen) atoms. The third kappa shape index (κ3) is 11.4. The molecular weight excluding hydrogens is 210 g/mol. The van der Waals surface area contributed by atoms with Gasteiger partial charge in [0.15, 0.2) is 0 Å². The molecule has 0 saturated carbocycles. The molecule has 0 radical (unpaired) electrons. The highest BCUT2D eigenvalue weighted by atomic mass is 16.6. The molecule has 0 aromatic heterocycles. The van der Waals surface area contributed by atoms with E-state index in [1.165, 1.54) is 0 Å². The van der Waals surface area contributed by atoms with Crippen LogP contribution in [-0.2, 0) is 19.0 Å². The Balaban J connectivity index is 3.11. The lowest BCUT2D eigenvalue weighted by Crippen LogP contribution is -2.21. The zero-order chi connectivity index (χ0) is 12.2. The highest BCUT2D eigenvalue weighted by Gasteiger charge is 2.04. The molecule has 0 aromatic carbocycles. The van der Waals surface area contributed by atoms with Gasteiger partial charge in [-0.3, -0.25) is 0 Å². The SMILES string of the molecule is CCNCCOCCOCC(=O)OC(C)C. The molecule has 1 N–H and O–H groups in total. The molecule has 0 bridgehead atoms. The molecule has 0 heterocycles. The Kier molecular flexibility index (Phi) is 10.4. The van der Waals surface area contributed by atoms with Crippen LogP contribution in [-0.4, -0.2) is 51.6 Å². The van der Waals surface area contributed by atoms with E-state index in [-0.39, 0.29) is 18.7 Å². The molecule has 0 fully saturated rings.